The summed E-state index contributed by atoms with van der Waals surface area (Å²) in [7, 11) is 0. The molecule has 19 heavy (non-hydrogen) atoms. The first-order valence-corrected chi connectivity index (χ1v) is 5.51. The molecule has 1 unspecified atom stereocenters. The monoisotopic (exact) mass is 261 g/mol. The van der Waals surface area contributed by atoms with E-state index in [1.54, 1.807) is 23.9 Å². The van der Waals surface area contributed by atoms with Crippen LogP contribution < -0.4 is 4.74 Å². The fourth-order valence-electron chi connectivity index (χ4n) is 1.46. The molecule has 0 bridgehead atoms. The number of aromatic nitrogens is 2. The molecular weight excluding hydrogens is 250 g/mol. The molecule has 98 valence electrons. The number of benzene rings is 1. The first-order valence-electron chi connectivity index (χ1n) is 5.51. The third-order valence-electron chi connectivity index (χ3n) is 2.58. The van der Waals surface area contributed by atoms with Gasteiger partial charge in [0.05, 0.1) is 11.3 Å². The predicted molar refractivity (Wildman–Crippen MR) is 65.7 cm³/mol. The number of nitro groups is 1. The van der Waals surface area contributed by atoms with Gasteiger partial charge in [-0.05, 0) is 19.1 Å². The quantitative estimate of drug-likeness (QED) is 0.363. The van der Waals surface area contributed by atoms with Gasteiger partial charge in [-0.3, -0.25) is 10.1 Å². The summed E-state index contributed by atoms with van der Waals surface area (Å²) < 4.78 is 6.73. The number of esters is 1. The maximum Gasteiger partial charge on any atom is 0.334 e. The van der Waals surface area contributed by atoms with Crippen LogP contribution in [0.5, 0.6) is 5.75 Å². The van der Waals surface area contributed by atoms with Crippen molar-refractivity contribution in [3.8, 4) is 5.75 Å². The van der Waals surface area contributed by atoms with E-state index in [9.17, 15) is 14.9 Å². The van der Waals surface area contributed by atoms with Gasteiger partial charge in [0, 0.05) is 24.5 Å². The van der Waals surface area contributed by atoms with Gasteiger partial charge in [0.25, 0.3) is 5.69 Å². The van der Waals surface area contributed by atoms with E-state index >= 15 is 0 Å². The summed E-state index contributed by atoms with van der Waals surface area (Å²) in [6.45, 7) is 1.68. The van der Waals surface area contributed by atoms with E-state index in [2.05, 4.69) is 4.98 Å². The molecule has 0 aliphatic rings. The highest BCUT2D eigenvalue weighted by Crippen LogP contribution is 2.19. The Morgan fingerprint density at radius 1 is 1.42 bits per heavy atom. The van der Waals surface area contributed by atoms with Crippen molar-refractivity contribution in [1.82, 2.24) is 9.55 Å². The third-order valence-corrected chi connectivity index (χ3v) is 2.58. The SMILES string of the molecule is CC(C(=O)Oc1ccc([N+](=O)[O-])cc1)n1ccnc1. The molecule has 7 nitrogen and oxygen atoms in total. The lowest BCUT2D eigenvalue weighted by Gasteiger charge is -2.11. The Kier molecular flexibility index (Phi) is 3.56. The van der Waals surface area contributed by atoms with Crippen LogP contribution in [0, 0.1) is 10.1 Å². The van der Waals surface area contributed by atoms with Gasteiger partial charge >= 0.3 is 5.97 Å². The lowest BCUT2D eigenvalue weighted by Crippen LogP contribution is -2.20. The largest absolute Gasteiger partial charge is 0.425 e. The number of nitrogens with zero attached hydrogens (tertiary/aromatic N) is 3. The van der Waals surface area contributed by atoms with Gasteiger partial charge in [-0.1, -0.05) is 0 Å². The standard InChI is InChI=1S/C12H11N3O4/c1-9(14-7-6-13-8-14)12(16)19-11-4-2-10(3-5-11)15(17)18/h2-9H,1H3. The first kappa shape index (κ1) is 12.7. The van der Waals surface area contributed by atoms with E-state index in [4.69, 9.17) is 4.74 Å². The van der Waals surface area contributed by atoms with Gasteiger partial charge in [0.2, 0.25) is 0 Å². The maximum atomic E-state index is 11.8. The number of rotatable bonds is 4. The minimum atomic E-state index is -0.516. The molecule has 0 saturated heterocycles. The zero-order chi connectivity index (χ0) is 13.8. The summed E-state index contributed by atoms with van der Waals surface area (Å²) in [5.74, 6) is -0.200. The molecule has 2 rings (SSSR count). The van der Waals surface area contributed by atoms with Crippen molar-refractivity contribution >= 4 is 11.7 Å². The average molecular weight is 261 g/mol. The summed E-state index contributed by atoms with van der Waals surface area (Å²) in [6, 6.07) is 4.82. The molecule has 1 aromatic carbocycles. The summed E-state index contributed by atoms with van der Waals surface area (Å²) in [6.07, 6.45) is 4.74. The maximum absolute atomic E-state index is 11.8. The van der Waals surface area contributed by atoms with Crippen LogP contribution in [0.1, 0.15) is 13.0 Å². The third kappa shape index (κ3) is 2.95. The Morgan fingerprint density at radius 2 is 2.11 bits per heavy atom. The van der Waals surface area contributed by atoms with Crippen LogP contribution >= 0.6 is 0 Å². The molecule has 1 atom stereocenters. The number of carbonyl (C=O) groups is 1. The van der Waals surface area contributed by atoms with E-state index in [0.29, 0.717) is 0 Å². The minimum Gasteiger partial charge on any atom is -0.425 e. The summed E-state index contributed by atoms with van der Waals surface area (Å²) >= 11 is 0. The lowest BCUT2D eigenvalue weighted by molar-refractivity contribution is -0.384. The molecule has 0 aliphatic heterocycles. The predicted octanol–water partition coefficient (Wildman–Crippen LogP) is 1.96. The van der Waals surface area contributed by atoms with Gasteiger partial charge in [0.15, 0.2) is 0 Å². The Hall–Kier alpha value is -2.70. The second kappa shape index (κ2) is 5.30. The van der Waals surface area contributed by atoms with E-state index in [0.717, 1.165) is 0 Å². The Balaban J connectivity index is 2.04. The second-order valence-corrected chi connectivity index (χ2v) is 3.86. The van der Waals surface area contributed by atoms with Crippen LogP contribution in [-0.4, -0.2) is 20.4 Å². The smallest absolute Gasteiger partial charge is 0.334 e. The Bertz CT molecular complexity index is 578. The average Bonchev–Trinajstić information content (AvgIpc) is 2.92. The van der Waals surface area contributed by atoms with Gasteiger partial charge in [-0.2, -0.15) is 0 Å². The second-order valence-electron chi connectivity index (χ2n) is 3.86. The first-order chi connectivity index (χ1) is 9.08. The molecule has 2 aromatic rings. The van der Waals surface area contributed by atoms with Gasteiger partial charge in [0.1, 0.15) is 11.8 Å². The van der Waals surface area contributed by atoms with Crippen molar-refractivity contribution in [2.75, 3.05) is 0 Å². The van der Waals surface area contributed by atoms with Crippen molar-refractivity contribution in [1.29, 1.82) is 0 Å². The normalized spacial score (nSPS) is 11.8. The number of nitro benzene ring substituents is 1. The van der Waals surface area contributed by atoms with Crippen molar-refractivity contribution < 1.29 is 14.5 Å². The van der Waals surface area contributed by atoms with Crippen LogP contribution in [0.25, 0.3) is 0 Å². The van der Waals surface area contributed by atoms with Gasteiger partial charge < -0.3 is 9.30 Å². The minimum absolute atomic E-state index is 0.0533. The van der Waals surface area contributed by atoms with Crippen LogP contribution in [-0.2, 0) is 4.79 Å². The summed E-state index contributed by atoms with van der Waals surface area (Å²) in [5, 5.41) is 10.5. The van der Waals surface area contributed by atoms with E-state index in [-0.39, 0.29) is 11.4 Å². The molecule has 0 amide bonds. The van der Waals surface area contributed by atoms with Crippen LogP contribution in [0.15, 0.2) is 43.0 Å². The van der Waals surface area contributed by atoms with Crippen molar-refractivity contribution in [2.24, 2.45) is 0 Å². The Labute approximate surface area is 108 Å². The van der Waals surface area contributed by atoms with Crippen LogP contribution in [0.2, 0.25) is 0 Å². The molecule has 0 saturated carbocycles. The molecule has 1 aromatic heterocycles. The highest BCUT2D eigenvalue weighted by molar-refractivity contribution is 5.76. The molecule has 0 N–H and O–H groups in total. The number of ether oxygens (including phenoxy) is 1. The van der Waals surface area contributed by atoms with Crippen LogP contribution in [0.3, 0.4) is 0 Å². The highest BCUT2D eigenvalue weighted by atomic mass is 16.6. The summed E-state index contributed by atoms with van der Waals surface area (Å²) in [5.41, 5.74) is -0.0533. The number of carbonyl (C=O) groups excluding carboxylic acids is 1. The van der Waals surface area contributed by atoms with E-state index < -0.39 is 16.9 Å². The molecular formula is C12H11N3O4. The van der Waals surface area contributed by atoms with E-state index in [1.807, 2.05) is 0 Å². The van der Waals surface area contributed by atoms with Gasteiger partial charge in [-0.25, -0.2) is 9.78 Å². The summed E-state index contributed by atoms with van der Waals surface area (Å²) in [4.78, 5) is 25.6. The Morgan fingerprint density at radius 3 is 2.63 bits per heavy atom. The fourth-order valence-corrected chi connectivity index (χ4v) is 1.46. The molecule has 7 heteroatoms. The molecule has 0 radical (unpaired) electrons. The van der Waals surface area contributed by atoms with Crippen LogP contribution in [0.4, 0.5) is 5.69 Å². The topological polar surface area (TPSA) is 87.3 Å². The zero-order valence-corrected chi connectivity index (χ0v) is 10.1. The number of hydrogen-bond acceptors (Lipinski definition) is 5. The van der Waals surface area contributed by atoms with Gasteiger partial charge in [-0.15, -0.1) is 0 Å². The molecule has 0 aliphatic carbocycles. The number of imidazole rings is 1. The zero-order valence-electron chi connectivity index (χ0n) is 10.1. The van der Waals surface area contributed by atoms with E-state index in [1.165, 1.54) is 30.6 Å². The number of non-ortho nitro benzene ring substituents is 1. The molecule has 1 heterocycles. The fraction of sp³-hybridized carbons (Fsp3) is 0.167. The highest BCUT2D eigenvalue weighted by Gasteiger charge is 2.17. The van der Waals surface area contributed by atoms with Crippen molar-refractivity contribution in [3.05, 3.63) is 53.1 Å². The number of hydrogen-bond donors (Lipinski definition) is 0. The van der Waals surface area contributed by atoms with Crippen molar-refractivity contribution in [2.45, 2.75) is 13.0 Å². The molecule has 0 spiro atoms. The molecule has 0 fully saturated rings. The lowest BCUT2D eigenvalue weighted by atomic mass is 10.3. The van der Waals surface area contributed by atoms with Crippen molar-refractivity contribution in [3.63, 3.8) is 0 Å².